The zero-order valence-corrected chi connectivity index (χ0v) is 12.8. The number of alkyl halides is 3. The first-order valence-electron chi connectivity index (χ1n) is 7.41. The number of amides is 1. The Morgan fingerprint density at radius 2 is 1.80 bits per heavy atom. The smallest absolute Gasteiger partial charge is 0.433 e. The number of fused-ring (bicyclic) bond motifs is 1. The standard InChI is InChI=1S/C17H13F3N2O3/c18-17(19,20)14-6-5-11(8-21-14)15(23)22-9-12-4-2-1-3-10(12)7-13(22)16(24)25/h1-6,8,13H,7,9H2,(H,24,25)/t13-/m1/s1. The van der Waals surface area contributed by atoms with Crippen LogP contribution in [0.2, 0.25) is 0 Å². The number of carboxylic acid groups (broad SMARTS) is 1. The quantitative estimate of drug-likeness (QED) is 0.904. The number of benzene rings is 1. The number of hydrogen-bond donors (Lipinski definition) is 1. The second-order valence-corrected chi connectivity index (χ2v) is 5.69. The Balaban J connectivity index is 1.91. The molecule has 1 N–H and O–H groups in total. The molecule has 3 rings (SSSR count). The zero-order valence-electron chi connectivity index (χ0n) is 12.8. The molecule has 2 aromatic rings. The van der Waals surface area contributed by atoms with Crippen LogP contribution < -0.4 is 0 Å². The lowest BCUT2D eigenvalue weighted by Gasteiger charge is -2.34. The normalized spacial score (nSPS) is 17.1. The summed E-state index contributed by atoms with van der Waals surface area (Å²) in [5.41, 5.74) is 0.458. The number of aromatic nitrogens is 1. The molecule has 1 aliphatic rings. The molecule has 0 bridgehead atoms. The lowest BCUT2D eigenvalue weighted by Crippen LogP contribution is -2.48. The molecular formula is C17H13F3N2O3. The van der Waals surface area contributed by atoms with E-state index >= 15 is 0 Å². The molecule has 0 saturated carbocycles. The molecule has 130 valence electrons. The van der Waals surface area contributed by atoms with Gasteiger partial charge in [0, 0.05) is 19.2 Å². The average molecular weight is 350 g/mol. The van der Waals surface area contributed by atoms with Crippen molar-refractivity contribution in [1.29, 1.82) is 0 Å². The molecule has 1 atom stereocenters. The minimum atomic E-state index is -4.60. The van der Waals surface area contributed by atoms with Gasteiger partial charge in [-0.1, -0.05) is 24.3 Å². The van der Waals surface area contributed by atoms with Gasteiger partial charge in [0.1, 0.15) is 11.7 Å². The van der Waals surface area contributed by atoms with Crippen LogP contribution in [0.1, 0.15) is 27.2 Å². The highest BCUT2D eigenvalue weighted by Gasteiger charge is 2.36. The number of rotatable bonds is 2. The molecule has 1 aromatic carbocycles. The van der Waals surface area contributed by atoms with Crippen molar-refractivity contribution in [2.45, 2.75) is 25.2 Å². The zero-order chi connectivity index (χ0) is 18.2. The van der Waals surface area contributed by atoms with Crippen molar-refractivity contribution in [3.05, 3.63) is 65.0 Å². The van der Waals surface area contributed by atoms with Crippen molar-refractivity contribution in [2.24, 2.45) is 0 Å². The van der Waals surface area contributed by atoms with Crippen LogP contribution in [0.5, 0.6) is 0 Å². The summed E-state index contributed by atoms with van der Waals surface area (Å²) >= 11 is 0. The average Bonchev–Trinajstić information content (AvgIpc) is 2.59. The van der Waals surface area contributed by atoms with Gasteiger partial charge < -0.3 is 10.0 Å². The number of hydrogen-bond acceptors (Lipinski definition) is 3. The molecule has 0 radical (unpaired) electrons. The van der Waals surface area contributed by atoms with E-state index in [1.165, 1.54) is 0 Å². The maximum atomic E-state index is 12.6. The molecule has 0 aliphatic carbocycles. The van der Waals surface area contributed by atoms with Crippen LogP contribution in [-0.2, 0) is 23.9 Å². The predicted octanol–water partition coefficient (Wildman–Crippen LogP) is 2.75. The van der Waals surface area contributed by atoms with E-state index < -0.39 is 29.8 Å². The van der Waals surface area contributed by atoms with E-state index in [1.807, 2.05) is 0 Å². The maximum absolute atomic E-state index is 12.6. The number of carbonyl (C=O) groups is 2. The van der Waals surface area contributed by atoms with Crippen LogP contribution in [0.4, 0.5) is 13.2 Å². The highest BCUT2D eigenvalue weighted by Crippen LogP contribution is 2.28. The number of carboxylic acids is 1. The van der Waals surface area contributed by atoms with E-state index in [-0.39, 0.29) is 18.5 Å². The van der Waals surface area contributed by atoms with Crippen LogP contribution in [0, 0.1) is 0 Å². The molecule has 25 heavy (non-hydrogen) atoms. The highest BCUT2D eigenvalue weighted by atomic mass is 19.4. The number of nitrogens with zero attached hydrogens (tertiary/aromatic N) is 2. The first kappa shape index (κ1) is 16.9. The van der Waals surface area contributed by atoms with Crippen molar-refractivity contribution < 1.29 is 27.9 Å². The third-order valence-corrected chi connectivity index (χ3v) is 4.10. The van der Waals surface area contributed by atoms with Crippen molar-refractivity contribution in [1.82, 2.24) is 9.88 Å². The summed E-state index contributed by atoms with van der Waals surface area (Å²) in [6, 6.07) is 7.80. The van der Waals surface area contributed by atoms with Crippen LogP contribution in [0.25, 0.3) is 0 Å². The van der Waals surface area contributed by atoms with Gasteiger partial charge in [-0.3, -0.25) is 9.78 Å². The Bertz CT molecular complexity index is 819. The topological polar surface area (TPSA) is 70.5 Å². The van der Waals surface area contributed by atoms with E-state index in [9.17, 15) is 27.9 Å². The first-order chi connectivity index (χ1) is 11.8. The minimum Gasteiger partial charge on any atom is -0.480 e. The molecule has 5 nitrogen and oxygen atoms in total. The van der Waals surface area contributed by atoms with Gasteiger partial charge in [0.05, 0.1) is 5.56 Å². The molecule has 0 spiro atoms. The summed E-state index contributed by atoms with van der Waals surface area (Å²) in [7, 11) is 0. The Morgan fingerprint density at radius 1 is 1.12 bits per heavy atom. The van der Waals surface area contributed by atoms with Crippen LogP contribution in [0.15, 0.2) is 42.6 Å². The third kappa shape index (κ3) is 3.33. The van der Waals surface area contributed by atoms with E-state index in [4.69, 9.17) is 0 Å². The lowest BCUT2D eigenvalue weighted by molar-refractivity contribution is -0.143. The molecule has 8 heteroatoms. The van der Waals surface area contributed by atoms with E-state index in [0.717, 1.165) is 28.3 Å². The molecule has 1 amide bonds. The van der Waals surface area contributed by atoms with Gasteiger partial charge in [0.2, 0.25) is 0 Å². The summed E-state index contributed by atoms with van der Waals surface area (Å²) in [6.07, 6.45) is -3.63. The van der Waals surface area contributed by atoms with Gasteiger partial charge in [-0.15, -0.1) is 0 Å². The summed E-state index contributed by atoms with van der Waals surface area (Å²) in [5, 5.41) is 9.42. The number of pyridine rings is 1. The molecule has 1 aromatic heterocycles. The number of carbonyl (C=O) groups excluding carboxylic acids is 1. The third-order valence-electron chi connectivity index (χ3n) is 4.10. The maximum Gasteiger partial charge on any atom is 0.433 e. The fourth-order valence-corrected chi connectivity index (χ4v) is 2.81. The van der Waals surface area contributed by atoms with E-state index in [1.54, 1.807) is 24.3 Å². The Hall–Kier alpha value is -2.90. The SMILES string of the molecule is O=C(O)[C@H]1Cc2ccccc2CN1C(=O)c1ccc(C(F)(F)F)nc1. The minimum absolute atomic E-state index is 0.0764. The van der Waals surface area contributed by atoms with Gasteiger partial charge in [-0.05, 0) is 23.3 Å². The van der Waals surface area contributed by atoms with Crippen molar-refractivity contribution >= 4 is 11.9 Å². The van der Waals surface area contributed by atoms with Gasteiger partial charge in [0.15, 0.2) is 0 Å². The molecule has 0 unspecified atom stereocenters. The predicted molar refractivity (Wildman–Crippen MR) is 80.7 cm³/mol. The fraction of sp³-hybridized carbons (Fsp3) is 0.235. The van der Waals surface area contributed by atoms with E-state index in [2.05, 4.69) is 4.98 Å². The Kier molecular flexibility index (Phi) is 4.20. The molecule has 0 saturated heterocycles. The molecule has 2 heterocycles. The summed E-state index contributed by atoms with van der Waals surface area (Å²) in [5.74, 6) is -1.83. The second kappa shape index (κ2) is 6.19. The van der Waals surface area contributed by atoms with Crippen LogP contribution in [0.3, 0.4) is 0 Å². The second-order valence-electron chi connectivity index (χ2n) is 5.69. The molecule has 1 aliphatic heterocycles. The van der Waals surface area contributed by atoms with Crippen molar-refractivity contribution in [3.63, 3.8) is 0 Å². The van der Waals surface area contributed by atoms with E-state index in [0.29, 0.717) is 6.07 Å². The number of halogens is 3. The van der Waals surface area contributed by atoms with Gasteiger partial charge in [0.25, 0.3) is 5.91 Å². The Labute approximate surface area is 140 Å². The van der Waals surface area contributed by atoms with Gasteiger partial charge >= 0.3 is 12.1 Å². The Morgan fingerprint density at radius 3 is 2.36 bits per heavy atom. The summed E-state index contributed by atoms with van der Waals surface area (Å²) < 4.78 is 37.7. The lowest BCUT2D eigenvalue weighted by atomic mass is 9.93. The highest BCUT2D eigenvalue weighted by molar-refractivity contribution is 5.96. The van der Waals surface area contributed by atoms with Crippen LogP contribution >= 0.6 is 0 Å². The summed E-state index contributed by atoms with van der Waals surface area (Å²) in [4.78, 5) is 28.6. The fourth-order valence-electron chi connectivity index (χ4n) is 2.81. The van der Waals surface area contributed by atoms with Crippen molar-refractivity contribution in [3.8, 4) is 0 Å². The first-order valence-corrected chi connectivity index (χ1v) is 7.41. The summed E-state index contributed by atoms with van der Waals surface area (Å²) in [6.45, 7) is 0.0764. The largest absolute Gasteiger partial charge is 0.480 e. The molecule has 0 fully saturated rings. The van der Waals surface area contributed by atoms with Gasteiger partial charge in [-0.25, -0.2) is 4.79 Å². The van der Waals surface area contributed by atoms with Crippen LogP contribution in [-0.4, -0.2) is 32.9 Å². The van der Waals surface area contributed by atoms with Crippen molar-refractivity contribution in [2.75, 3.05) is 0 Å². The number of aliphatic carboxylic acids is 1. The van der Waals surface area contributed by atoms with Gasteiger partial charge in [-0.2, -0.15) is 13.2 Å². The molecular weight excluding hydrogens is 337 g/mol. The monoisotopic (exact) mass is 350 g/mol.